The van der Waals surface area contributed by atoms with Gasteiger partial charge in [-0.2, -0.15) is 0 Å². The number of hydrogen-bond donors (Lipinski definition) is 0. The van der Waals surface area contributed by atoms with Crippen LogP contribution in [0.25, 0.3) is 0 Å². The Balaban J connectivity index is 2.40. The summed E-state index contributed by atoms with van der Waals surface area (Å²) in [5.74, 6) is 0.790. The Hall–Kier alpha value is -0.790. The molecule has 0 aliphatic heterocycles. The molecule has 1 aliphatic carbocycles. The van der Waals surface area contributed by atoms with Crippen LogP contribution in [0.15, 0.2) is 11.8 Å². The van der Waals surface area contributed by atoms with E-state index < -0.39 is 0 Å². The number of rotatable bonds is 2. The number of esters is 1. The Morgan fingerprint density at radius 3 is 2.92 bits per heavy atom. The van der Waals surface area contributed by atoms with Crippen LogP contribution in [0.4, 0.5) is 0 Å². The molecule has 0 fully saturated rings. The van der Waals surface area contributed by atoms with E-state index in [1.807, 2.05) is 6.92 Å². The summed E-state index contributed by atoms with van der Waals surface area (Å²) in [5, 5.41) is 0. The van der Waals surface area contributed by atoms with Gasteiger partial charge in [-0.05, 0) is 25.3 Å². The molecule has 74 valence electrons. The Bertz CT molecular complexity index is 194. The van der Waals surface area contributed by atoms with Gasteiger partial charge >= 0.3 is 5.97 Å². The standard InChI is InChI=1S/C11H18O2/c1-2-11(12)13-10-8-6-4-3-5-7-9-10/h8H,2-7,9H2,1H3. The largest absolute Gasteiger partial charge is 0.431 e. The summed E-state index contributed by atoms with van der Waals surface area (Å²) >= 11 is 0. The molecule has 0 spiro atoms. The van der Waals surface area contributed by atoms with E-state index >= 15 is 0 Å². The number of ether oxygens (including phenoxy) is 1. The second kappa shape index (κ2) is 5.79. The number of allylic oxidation sites excluding steroid dienone is 2. The van der Waals surface area contributed by atoms with E-state index in [-0.39, 0.29) is 5.97 Å². The van der Waals surface area contributed by atoms with E-state index in [9.17, 15) is 4.79 Å². The van der Waals surface area contributed by atoms with Gasteiger partial charge in [0.05, 0.1) is 0 Å². The molecule has 0 amide bonds. The molecular formula is C11H18O2. The summed E-state index contributed by atoms with van der Waals surface area (Å²) in [7, 11) is 0. The average Bonchev–Trinajstić information content (AvgIpc) is 2.09. The number of hydrogen-bond acceptors (Lipinski definition) is 2. The lowest BCUT2D eigenvalue weighted by atomic mass is 10.1. The maximum absolute atomic E-state index is 11.0. The Morgan fingerprint density at radius 2 is 2.15 bits per heavy atom. The monoisotopic (exact) mass is 182 g/mol. The van der Waals surface area contributed by atoms with Crippen LogP contribution in [0.5, 0.6) is 0 Å². The average molecular weight is 182 g/mol. The minimum Gasteiger partial charge on any atom is -0.431 e. The highest BCUT2D eigenvalue weighted by atomic mass is 16.5. The summed E-state index contributed by atoms with van der Waals surface area (Å²) < 4.78 is 5.20. The van der Waals surface area contributed by atoms with E-state index in [2.05, 4.69) is 6.08 Å². The fraction of sp³-hybridized carbons (Fsp3) is 0.727. The van der Waals surface area contributed by atoms with Gasteiger partial charge in [0.25, 0.3) is 0 Å². The van der Waals surface area contributed by atoms with Crippen molar-refractivity contribution in [2.45, 2.75) is 51.9 Å². The van der Waals surface area contributed by atoms with Crippen molar-refractivity contribution in [1.82, 2.24) is 0 Å². The number of carbonyl (C=O) groups excluding carboxylic acids is 1. The van der Waals surface area contributed by atoms with Crippen molar-refractivity contribution in [3.05, 3.63) is 11.8 Å². The maximum atomic E-state index is 11.0. The number of carbonyl (C=O) groups is 1. The topological polar surface area (TPSA) is 26.3 Å². The van der Waals surface area contributed by atoms with Crippen molar-refractivity contribution in [3.8, 4) is 0 Å². The van der Waals surface area contributed by atoms with Crippen LogP contribution in [-0.2, 0) is 9.53 Å². The second-order valence-corrected chi connectivity index (χ2v) is 3.45. The summed E-state index contributed by atoms with van der Waals surface area (Å²) in [4.78, 5) is 11.0. The van der Waals surface area contributed by atoms with Crippen LogP contribution < -0.4 is 0 Å². The lowest BCUT2D eigenvalue weighted by Crippen LogP contribution is -2.03. The molecule has 2 nitrogen and oxygen atoms in total. The van der Waals surface area contributed by atoms with Gasteiger partial charge in [0.1, 0.15) is 5.76 Å². The van der Waals surface area contributed by atoms with Crippen LogP contribution in [0.1, 0.15) is 51.9 Å². The minimum atomic E-state index is -0.105. The van der Waals surface area contributed by atoms with Crippen LogP contribution in [0.3, 0.4) is 0 Å². The molecule has 0 aromatic rings. The molecule has 13 heavy (non-hydrogen) atoms. The van der Waals surface area contributed by atoms with Crippen molar-refractivity contribution >= 4 is 5.97 Å². The highest BCUT2D eigenvalue weighted by Crippen LogP contribution is 2.18. The molecule has 0 saturated heterocycles. The first-order chi connectivity index (χ1) is 6.33. The first-order valence-electron chi connectivity index (χ1n) is 5.22. The molecule has 1 rings (SSSR count). The third kappa shape index (κ3) is 4.11. The molecule has 0 unspecified atom stereocenters. The van der Waals surface area contributed by atoms with Crippen molar-refractivity contribution in [1.29, 1.82) is 0 Å². The van der Waals surface area contributed by atoms with Crippen molar-refractivity contribution < 1.29 is 9.53 Å². The normalized spacial score (nSPS) is 18.4. The van der Waals surface area contributed by atoms with Gasteiger partial charge in [-0.1, -0.05) is 19.8 Å². The van der Waals surface area contributed by atoms with E-state index in [0.29, 0.717) is 6.42 Å². The minimum absolute atomic E-state index is 0.105. The smallest absolute Gasteiger partial charge is 0.310 e. The first kappa shape index (κ1) is 10.3. The van der Waals surface area contributed by atoms with Gasteiger partial charge in [-0.15, -0.1) is 0 Å². The fourth-order valence-corrected chi connectivity index (χ4v) is 1.47. The molecule has 0 radical (unpaired) electrons. The van der Waals surface area contributed by atoms with E-state index in [1.165, 1.54) is 19.3 Å². The van der Waals surface area contributed by atoms with Crippen LogP contribution in [0.2, 0.25) is 0 Å². The molecule has 2 heteroatoms. The molecule has 0 aromatic carbocycles. The van der Waals surface area contributed by atoms with Crippen LogP contribution >= 0.6 is 0 Å². The lowest BCUT2D eigenvalue weighted by molar-refractivity contribution is -0.139. The predicted molar refractivity (Wildman–Crippen MR) is 52.2 cm³/mol. The summed E-state index contributed by atoms with van der Waals surface area (Å²) in [5.41, 5.74) is 0. The van der Waals surface area contributed by atoms with Gasteiger partial charge in [-0.3, -0.25) is 4.79 Å². The zero-order valence-electron chi connectivity index (χ0n) is 8.34. The van der Waals surface area contributed by atoms with Gasteiger partial charge in [0.15, 0.2) is 0 Å². The van der Waals surface area contributed by atoms with Crippen molar-refractivity contribution in [3.63, 3.8) is 0 Å². The zero-order chi connectivity index (χ0) is 9.52. The zero-order valence-corrected chi connectivity index (χ0v) is 8.34. The van der Waals surface area contributed by atoms with E-state index in [0.717, 1.165) is 25.0 Å². The SMILES string of the molecule is CCC(=O)OC1=CCCCCCC1. The first-order valence-corrected chi connectivity index (χ1v) is 5.22. The summed E-state index contributed by atoms with van der Waals surface area (Å²) in [6.07, 6.45) is 9.50. The highest BCUT2D eigenvalue weighted by Gasteiger charge is 2.06. The third-order valence-corrected chi connectivity index (χ3v) is 2.28. The lowest BCUT2D eigenvalue weighted by Gasteiger charge is -2.10. The Labute approximate surface area is 80.0 Å². The van der Waals surface area contributed by atoms with Crippen LogP contribution in [-0.4, -0.2) is 5.97 Å². The third-order valence-electron chi connectivity index (χ3n) is 2.28. The second-order valence-electron chi connectivity index (χ2n) is 3.45. The molecule has 0 aromatic heterocycles. The highest BCUT2D eigenvalue weighted by molar-refractivity contribution is 5.70. The van der Waals surface area contributed by atoms with Gasteiger partial charge in [0, 0.05) is 12.8 Å². The maximum Gasteiger partial charge on any atom is 0.310 e. The van der Waals surface area contributed by atoms with E-state index in [4.69, 9.17) is 4.74 Å². The summed E-state index contributed by atoms with van der Waals surface area (Å²) in [6.45, 7) is 1.83. The molecule has 1 aliphatic rings. The van der Waals surface area contributed by atoms with Crippen LogP contribution in [0, 0.1) is 0 Å². The molecule has 0 heterocycles. The van der Waals surface area contributed by atoms with Gasteiger partial charge in [0.2, 0.25) is 0 Å². The quantitative estimate of drug-likeness (QED) is 0.613. The molecule has 0 atom stereocenters. The molecule has 0 saturated carbocycles. The predicted octanol–water partition coefficient (Wildman–Crippen LogP) is 3.18. The van der Waals surface area contributed by atoms with Crippen molar-refractivity contribution in [2.24, 2.45) is 0 Å². The fourth-order valence-electron chi connectivity index (χ4n) is 1.47. The van der Waals surface area contributed by atoms with Gasteiger partial charge in [-0.25, -0.2) is 0 Å². The Kier molecular flexibility index (Phi) is 4.58. The Morgan fingerprint density at radius 1 is 1.38 bits per heavy atom. The van der Waals surface area contributed by atoms with Gasteiger partial charge < -0.3 is 4.74 Å². The molecule has 0 bridgehead atoms. The van der Waals surface area contributed by atoms with E-state index in [1.54, 1.807) is 0 Å². The molecular weight excluding hydrogens is 164 g/mol. The molecule has 0 N–H and O–H groups in total. The summed E-state index contributed by atoms with van der Waals surface area (Å²) in [6, 6.07) is 0. The van der Waals surface area contributed by atoms with Crippen molar-refractivity contribution in [2.75, 3.05) is 0 Å².